The second-order valence-electron chi connectivity index (χ2n) is 4.51. The van der Waals surface area contributed by atoms with E-state index in [9.17, 15) is 12.8 Å². The van der Waals surface area contributed by atoms with Crippen LogP contribution in [0.3, 0.4) is 0 Å². The first-order valence-corrected chi connectivity index (χ1v) is 7.25. The van der Waals surface area contributed by atoms with Gasteiger partial charge in [0.1, 0.15) is 5.82 Å². The van der Waals surface area contributed by atoms with Gasteiger partial charge in [-0.1, -0.05) is 0 Å². The molecule has 5 nitrogen and oxygen atoms in total. The van der Waals surface area contributed by atoms with Gasteiger partial charge in [0.05, 0.1) is 10.6 Å². The number of rotatable bonds is 5. The Labute approximate surface area is 105 Å². The van der Waals surface area contributed by atoms with E-state index in [1.807, 2.05) is 0 Å². The van der Waals surface area contributed by atoms with Crippen molar-refractivity contribution in [2.24, 2.45) is 16.8 Å². The van der Waals surface area contributed by atoms with Crippen molar-refractivity contribution in [1.29, 1.82) is 0 Å². The van der Waals surface area contributed by atoms with Crippen molar-refractivity contribution in [2.75, 3.05) is 11.9 Å². The molecule has 0 aliphatic heterocycles. The monoisotopic (exact) mass is 273 g/mol. The molecule has 18 heavy (non-hydrogen) atoms. The van der Waals surface area contributed by atoms with Crippen molar-refractivity contribution in [3.8, 4) is 0 Å². The van der Waals surface area contributed by atoms with Crippen molar-refractivity contribution >= 4 is 15.7 Å². The molecule has 1 unspecified atom stereocenters. The highest BCUT2D eigenvalue weighted by molar-refractivity contribution is 7.89. The average molecular weight is 273 g/mol. The fraction of sp³-hybridized carbons (Fsp3) is 0.455. The van der Waals surface area contributed by atoms with Crippen LogP contribution in [0.1, 0.15) is 12.8 Å². The van der Waals surface area contributed by atoms with E-state index in [0.717, 1.165) is 18.9 Å². The van der Waals surface area contributed by atoms with Gasteiger partial charge >= 0.3 is 0 Å². The van der Waals surface area contributed by atoms with Crippen molar-refractivity contribution in [3.63, 3.8) is 0 Å². The molecule has 0 bridgehead atoms. The third-order valence-electron chi connectivity index (χ3n) is 3.05. The molecule has 0 aromatic heterocycles. The van der Waals surface area contributed by atoms with Crippen molar-refractivity contribution < 1.29 is 12.8 Å². The highest BCUT2D eigenvalue weighted by Gasteiger charge is 2.30. The molecule has 1 aromatic rings. The summed E-state index contributed by atoms with van der Waals surface area (Å²) in [4.78, 5) is -0.235. The standard InChI is InChI=1S/C11H16FN3O2S/c12-9-5-8(18(14,16)17)3-4-10(9)15-11(6-13)7-1-2-7/h3-5,7,11,15H,1-2,6,13H2,(H2,14,16,17). The number of nitrogens with two attached hydrogens (primary N) is 2. The topological polar surface area (TPSA) is 98.2 Å². The van der Waals surface area contributed by atoms with Gasteiger partial charge in [0.25, 0.3) is 0 Å². The zero-order valence-corrected chi connectivity index (χ0v) is 10.6. The number of hydrogen-bond donors (Lipinski definition) is 3. The summed E-state index contributed by atoms with van der Waals surface area (Å²) in [6.07, 6.45) is 2.18. The van der Waals surface area contributed by atoms with Crippen molar-refractivity contribution in [1.82, 2.24) is 0 Å². The van der Waals surface area contributed by atoms with Crippen molar-refractivity contribution in [2.45, 2.75) is 23.8 Å². The minimum Gasteiger partial charge on any atom is -0.378 e. The van der Waals surface area contributed by atoms with E-state index in [-0.39, 0.29) is 16.6 Å². The third kappa shape index (κ3) is 2.98. The first-order chi connectivity index (χ1) is 8.41. The van der Waals surface area contributed by atoms with Gasteiger partial charge in [-0.2, -0.15) is 0 Å². The van der Waals surface area contributed by atoms with Gasteiger partial charge in [-0.15, -0.1) is 0 Å². The number of sulfonamides is 1. The fourth-order valence-corrected chi connectivity index (χ4v) is 2.38. The normalized spacial score (nSPS) is 17.5. The maximum atomic E-state index is 13.7. The Balaban J connectivity index is 2.19. The molecular formula is C11H16FN3O2S. The molecule has 0 saturated heterocycles. The van der Waals surface area contributed by atoms with Gasteiger partial charge < -0.3 is 11.1 Å². The van der Waals surface area contributed by atoms with Crippen LogP contribution in [0.5, 0.6) is 0 Å². The van der Waals surface area contributed by atoms with Crippen LogP contribution >= 0.6 is 0 Å². The molecule has 1 aliphatic carbocycles. The largest absolute Gasteiger partial charge is 0.378 e. The van der Waals surface area contributed by atoms with Crippen LogP contribution in [0.2, 0.25) is 0 Å². The maximum absolute atomic E-state index is 13.7. The van der Waals surface area contributed by atoms with E-state index in [1.165, 1.54) is 12.1 Å². The molecule has 7 heteroatoms. The zero-order valence-electron chi connectivity index (χ0n) is 9.77. The quantitative estimate of drug-likeness (QED) is 0.732. The van der Waals surface area contributed by atoms with E-state index in [4.69, 9.17) is 10.9 Å². The van der Waals surface area contributed by atoms with Gasteiger partial charge in [-0.05, 0) is 37.0 Å². The zero-order chi connectivity index (χ0) is 13.3. The molecule has 1 atom stereocenters. The molecule has 5 N–H and O–H groups in total. The lowest BCUT2D eigenvalue weighted by atomic mass is 10.1. The van der Waals surface area contributed by atoms with Crippen LogP contribution in [0.25, 0.3) is 0 Å². The number of anilines is 1. The van der Waals surface area contributed by atoms with E-state index >= 15 is 0 Å². The van der Waals surface area contributed by atoms with Crippen LogP contribution in [0.4, 0.5) is 10.1 Å². The summed E-state index contributed by atoms with van der Waals surface area (Å²) in [5.74, 6) is -0.159. The van der Waals surface area contributed by atoms with E-state index in [1.54, 1.807) is 0 Å². The lowest BCUT2D eigenvalue weighted by Crippen LogP contribution is -2.31. The van der Waals surface area contributed by atoms with Gasteiger partial charge in [-0.3, -0.25) is 0 Å². The lowest BCUT2D eigenvalue weighted by molar-refractivity contribution is 0.589. The van der Waals surface area contributed by atoms with Crippen LogP contribution < -0.4 is 16.2 Å². The molecule has 0 radical (unpaired) electrons. The van der Waals surface area contributed by atoms with Crippen LogP contribution in [0, 0.1) is 11.7 Å². The summed E-state index contributed by atoms with van der Waals surface area (Å²) < 4.78 is 35.9. The molecule has 0 spiro atoms. The Bertz CT molecular complexity index is 543. The van der Waals surface area contributed by atoms with Gasteiger partial charge in [0.2, 0.25) is 10.0 Å². The molecule has 1 aromatic carbocycles. The summed E-state index contributed by atoms with van der Waals surface area (Å²) in [7, 11) is -3.87. The summed E-state index contributed by atoms with van der Waals surface area (Å²) in [6, 6.07) is 3.60. The lowest BCUT2D eigenvalue weighted by Gasteiger charge is -2.18. The summed E-state index contributed by atoms with van der Waals surface area (Å²) in [5, 5.41) is 7.93. The van der Waals surface area contributed by atoms with Crippen LogP contribution in [-0.2, 0) is 10.0 Å². The number of benzene rings is 1. The second kappa shape index (κ2) is 4.83. The first kappa shape index (κ1) is 13.3. The highest BCUT2D eigenvalue weighted by atomic mass is 32.2. The highest BCUT2D eigenvalue weighted by Crippen LogP contribution is 2.34. The SMILES string of the molecule is NCC(Nc1ccc(S(N)(=O)=O)cc1F)C1CC1. The van der Waals surface area contributed by atoms with Gasteiger partial charge in [0, 0.05) is 12.6 Å². The predicted octanol–water partition coefficient (Wildman–Crippen LogP) is 0.622. The van der Waals surface area contributed by atoms with Gasteiger partial charge in [-0.25, -0.2) is 17.9 Å². The number of primary sulfonamides is 1. The first-order valence-electron chi connectivity index (χ1n) is 5.71. The fourth-order valence-electron chi connectivity index (χ4n) is 1.86. The predicted molar refractivity (Wildman–Crippen MR) is 67.0 cm³/mol. The number of hydrogen-bond acceptors (Lipinski definition) is 4. The number of nitrogens with one attached hydrogen (secondary N) is 1. The maximum Gasteiger partial charge on any atom is 0.238 e. The summed E-state index contributed by atoms with van der Waals surface area (Å²) in [5.41, 5.74) is 5.86. The summed E-state index contributed by atoms with van der Waals surface area (Å²) in [6.45, 7) is 0.418. The minimum absolute atomic E-state index is 0.0276. The molecule has 1 saturated carbocycles. The summed E-state index contributed by atoms with van der Waals surface area (Å²) >= 11 is 0. The molecule has 1 fully saturated rings. The Kier molecular flexibility index (Phi) is 3.56. The Morgan fingerprint density at radius 1 is 1.44 bits per heavy atom. The van der Waals surface area contributed by atoms with Crippen LogP contribution in [-0.4, -0.2) is 21.0 Å². The number of halogens is 1. The van der Waals surface area contributed by atoms with E-state index < -0.39 is 15.8 Å². The molecule has 0 amide bonds. The third-order valence-corrected chi connectivity index (χ3v) is 3.97. The molecule has 2 rings (SSSR count). The molecule has 0 heterocycles. The van der Waals surface area contributed by atoms with Gasteiger partial charge in [0.15, 0.2) is 0 Å². The molecular weight excluding hydrogens is 257 g/mol. The van der Waals surface area contributed by atoms with E-state index in [0.29, 0.717) is 12.5 Å². The second-order valence-corrected chi connectivity index (χ2v) is 6.07. The Hall–Kier alpha value is -1.18. The van der Waals surface area contributed by atoms with E-state index in [2.05, 4.69) is 5.32 Å². The smallest absolute Gasteiger partial charge is 0.238 e. The average Bonchev–Trinajstić information content (AvgIpc) is 3.10. The Morgan fingerprint density at radius 2 is 2.11 bits per heavy atom. The van der Waals surface area contributed by atoms with Crippen molar-refractivity contribution in [3.05, 3.63) is 24.0 Å². The minimum atomic E-state index is -3.87. The molecule has 1 aliphatic rings. The molecule has 100 valence electrons. The Morgan fingerprint density at radius 3 is 2.56 bits per heavy atom. The van der Waals surface area contributed by atoms with Crippen LogP contribution in [0.15, 0.2) is 23.1 Å².